The molecule has 180 valence electrons. The second-order valence-corrected chi connectivity index (χ2v) is 9.30. The first-order chi connectivity index (χ1) is 15.0. The second kappa shape index (κ2) is 13.5. The van der Waals surface area contributed by atoms with Gasteiger partial charge in [0, 0.05) is 37.7 Å². The van der Waals surface area contributed by atoms with Gasteiger partial charge in [-0.05, 0) is 50.9 Å². The molecule has 2 atom stereocenters. The highest BCUT2D eigenvalue weighted by molar-refractivity contribution is 6.25. The van der Waals surface area contributed by atoms with Gasteiger partial charge in [0.25, 0.3) is 11.8 Å². The number of hydrogen-bond donors (Lipinski definition) is 0. The Labute approximate surface area is 198 Å². The maximum absolute atomic E-state index is 13.1. The Hall–Kier alpha value is -2.08. The lowest BCUT2D eigenvalue weighted by Gasteiger charge is -2.26. The lowest BCUT2D eigenvalue weighted by atomic mass is 9.97. The van der Waals surface area contributed by atoms with Crippen LogP contribution in [0.2, 0.25) is 0 Å². The van der Waals surface area contributed by atoms with Crippen molar-refractivity contribution >= 4 is 29.3 Å². The van der Waals surface area contributed by atoms with Crippen LogP contribution in [0.3, 0.4) is 0 Å². The highest BCUT2D eigenvalue weighted by Gasteiger charge is 2.38. The molecular formula is C25H39ClN2O4. The summed E-state index contributed by atoms with van der Waals surface area (Å²) in [6.45, 7) is 10.2. The summed E-state index contributed by atoms with van der Waals surface area (Å²) in [4.78, 5) is 39.9. The number of rotatable bonds is 12. The molecule has 0 spiro atoms. The molecule has 0 saturated carbocycles. The van der Waals surface area contributed by atoms with E-state index in [1.54, 1.807) is 31.3 Å². The monoisotopic (exact) mass is 466 g/mol. The van der Waals surface area contributed by atoms with E-state index >= 15 is 0 Å². The van der Waals surface area contributed by atoms with Crippen LogP contribution in [0.25, 0.3) is 0 Å². The van der Waals surface area contributed by atoms with Crippen molar-refractivity contribution in [1.82, 2.24) is 9.80 Å². The molecule has 0 saturated heterocycles. The summed E-state index contributed by atoms with van der Waals surface area (Å²) in [6, 6.07) is -0.349. The fourth-order valence-corrected chi connectivity index (χ4v) is 4.01. The largest absolute Gasteiger partial charge is 0.499 e. The van der Waals surface area contributed by atoms with Gasteiger partial charge < -0.3 is 9.64 Å². The molecule has 0 aromatic carbocycles. The van der Waals surface area contributed by atoms with Gasteiger partial charge >= 0.3 is 0 Å². The second-order valence-electron chi connectivity index (χ2n) is 9.09. The number of carbonyl (C=O) groups excluding carboxylic acids is 3. The van der Waals surface area contributed by atoms with Crippen molar-refractivity contribution < 1.29 is 19.1 Å². The number of imide groups is 1. The molecule has 3 amide bonds. The number of amides is 3. The molecule has 7 heteroatoms. The highest BCUT2D eigenvalue weighted by atomic mass is 35.5. The molecule has 0 aromatic rings. The van der Waals surface area contributed by atoms with Crippen LogP contribution >= 0.6 is 11.6 Å². The van der Waals surface area contributed by atoms with E-state index < -0.39 is 0 Å². The highest BCUT2D eigenvalue weighted by Crippen LogP contribution is 2.28. The lowest BCUT2D eigenvalue weighted by molar-refractivity contribution is -0.140. The van der Waals surface area contributed by atoms with Crippen molar-refractivity contribution in [2.75, 3.05) is 20.7 Å². The number of methoxy groups -OCH3 is 1. The fourth-order valence-electron chi connectivity index (χ4n) is 3.79. The molecule has 0 bridgehead atoms. The Morgan fingerprint density at radius 3 is 2.44 bits per heavy atom. The van der Waals surface area contributed by atoms with E-state index in [4.69, 9.17) is 16.3 Å². The first-order valence-electron chi connectivity index (χ1n) is 11.3. The molecule has 0 fully saturated rings. The fraction of sp³-hybridized carbons (Fsp3) is 0.640. The zero-order valence-electron chi connectivity index (χ0n) is 20.6. The van der Waals surface area contributed by atoms with Gasteiger partial charge in [0.1, 0.15) is 5.76 Å². The summed E-state index contributed by atoms with van der Waals surface area (Å²) in [5.74, 6) is 0.489. The smallest absolute Gasteiger partial charge is 0.257 e. The molecule has 1 aliphatic heterocycles. The Morgan fingerprint density at radius 1 is 1.25 bits per heavy atom. The standard InChI is InChI=1S/C25H39ClN2O4/c1-17(2)13-22-23(32-7)15-24(30)28(22)25(31)19(4)14-18(3)10-11-21(16-26)9-8-12-27(6)20(5)29/h14-18,22H,8-13H2,1-7H3/b19-14+,21-16-/t18-,22+/m1/s1. The van der Waals surface area contributed by atoms with Gasteiger partial charge in [-0.1, -0.05) is 44.0 Å². The molecule has 0 N–H and O–H groups in total. The number of ether oxygens (including phenoxy) is 1. The van der Waals surface area contributed by atoms with Crippen LogP contribution in [0, 0.1) is 11.8 Å². The number of halogens is 1. The minimum absolute atomic E-state index is 0.0558. The van der Waals surface area contributed by atoms with E-state index in [2.05, 4.69) is 20.8 Å². The minimum Gasteiger partial charge on any atom is -0.499 e. The van der Waals surface area contributed by atoms with Gasteiger partial charge in [0.2, 0.25) is 5.91 Å². The minimum atomic E-state index is -0.349. The molecule has 0 unspecified atom stereocenters. The number of hydrogen-bond acceptors (Lipinski definition) is 4. The molecule has 1 heterocycles. The third kappa shape index (κ3) is 8.45. The van der Waals surface area contributed by atoms with E-state index in [0.29, 0.717) is 30.2 Å². The third-order valence-corrected chi connectivity index (χ3v) is 6.08. The Bertz CT molecular complexity index is 770. The van der Waals surface area contributed by atoms with Gasteiger partial charge in [-0.3, -0.25) is 19.3 Å². The maximum atomic E-state index is 13.1. The summed E-state index contributed by atoms with van der Waals surface area (Å²) in [6.07, 6.45) is 7.38. The van der Waals surface area contributed by atoms with Crippen molar-refractivity contribution in [1.29, 1.82) is 0 Å². The van der Waals surface area contributed by atoms with E-state index in [9.17, 15) is 14.4 Å². The molecule has 0 aliphatic carbocycles. The maximum Gasteiger partial charge on any atom is 0.257 e. The van der Waals surface area contributed by atoms with Gasteiger partial charge in [0.15, 0.2) is 0 Å². The van der Waals surface area contributed by atoms with Crippen molar-refractivity contribution in [3.63, 3.8) is 0 Å². The molecule has 0 aromatic heterocycles. The topological polar surface area (TPSA) is 66.9 Å². The quantitative estimate of drug-likeness (QED) is 0.378. The molecule has 1 aliphatic rings. The van der Waals surface area contributed by atoms with E-state index in [1.807, 2.05) is 6.08 Å². The summed E-state index contributed by atoms with van der Waals surface area (Å²) in [5, 5.41) is 0. The van der Waals surface area contributed by atoms with E-state index in [-0.39, 0.29) is 29.7 Å². The van der Waals surface area contributed by atoms with Crippen molar-refractivity contribution in [2.24, 2.45) is 11.8 Å². The SMILES string of the molecule is COC1=CC(=O)N(C(=O)/C(C)=C/[C@H](C)CC/C(=C\Cl)CCCN(C)C(C)=O)[C@H]1CC(C)C. The normalized spacial score (nSPS) is 18.2. The zero-order valence-corrected chi connectivity index (χ0v) is 21.4. The average molecular weight is 467 g/mol. The van der Waals surface area contributed by atoms with Crippen LogP contribution in [0.15, 0.2) is 34.6 Å². The summed E-state index contributed by atoms with van der Waals surface area (Å²) in [5.41, 5.74) is 3.32. The van der Waals surface area contributed by atoms with Crippen molar-refractivity contribution in [2.45, 2.75) is 72.8 Å². The Kier molecular flexibility index (Phi) is 11.8. The van der Waals surface area contributed by atoms with Crippen LogP contribution in [0.5, 0.6) is 0 Å². The van der Waals surface area contributed by atoms with Crippen LogP contribution in [-0.2, 0) is 19.1 Å². The third-order valence-electron chi connectivity index (χ3n) is 5.77. The van der Waals surface area contributed by atoms with Crippen LogP contribution in [0.1, 0.15) is 66.7 Å². The Balaban J connectivity index is 2.69. The van der Waals surface area contributed by atoms with E-state index in [0.717, 1.165) is 31.3 Å². The predicted octanol–water partition coefficient (Wildman–Crippen LogP) is 5.04. The predicted molar refractivity (Wildman–Crippen MR) is 129 cm³/mol. The number of allylic oxidation sites excluding steroid dienone is 2. The summed E-state index contributed by atoms with van der Waals surface area (Å²) in [7, 11) is 3.33. The number of nitrogens with zero attached hydrogens (tertiary/aromatic N) is 2. The van der Waals surface area contributed by atoms with Gasteiger partial charge in [-0.2, -0.15) is 0 Å². The van der Waals surface area contributed by atoms with Crippen LogP contribution in [0.4, 0.5) is 0 Å². The Morgan fingerprint density at radius 2 is 1.91 bits per heavy atom. The first-order valence-corrected chi connectivity index (χ1v) is 11.8. The number of carbonyl (C=O) groups is 3. The lowest BCUT2D eigenvalue weighted by Crippen LogP contribution is -2.41. The van der Waals surface area contributed by atoms with Gasteiger partial charge in [-0.15, -0.1) is 0 Å². The summed E-state index contributed by atoms with van der Waals surface area (Å²) < 4.78 is 5.36. The summed E-state index contributed by atoms with van der Waals surface area (Å²) >= 11 is 6.00. The molecule has 1 rings (SSSR count). The van der Waals surface area contributed by atoms with Gasteiger partial charge in [0.05, 0.1) is 13.2 Å². The van der Waals surface area contributed by atoms with Crippen LogP contribution < -0.4 is 0 Å². The first kappa shape index (κ1) is 28.0. The zero-order chi connectivity index (χ0) is 24.4. The van der Waals surface area contributed by atoms with Crippen molar-refractivity contribution in [3.05, 3.63) is 34.6 Å². The molecular weight excluding hydrogens is 428 g/mol. The van der Waals surface area contributed by atoms with E-state index in [1.165, 1.54) is 18.1 Å². The average Bonchev–Trinajstić information content (AvgIpc) is 3.03. The van der Waals surface area contributed by atoms with Gasteiger partial charge in [-0.25, -0.2) is 0 Å². The van der Waals surface area contributed by atoms with Crippen molar-refractivity contribution in [3.8, 4) is 0 Å². The molecule has 6 nitrogen and oxygen atoms in total. The van der Waals surface area contributed by atoms with Crippen LogP contribution in [-0.4, -0.2) is 54.3 Å². The molecule has 32 heavy (non-hydrogen) atoms. The molecule has 0 radical (unpaired) electrons.